The van der Waals surface area contributed by atoms with Crippen molar-refractivity contribution in [1.29, 1.82) is 0 Å². The van der Waals surface area contributed by atoms with Crippen LogP contribution in [-0.2, 0) is 32.6 Å². The normalized spacial score (nSPS) is 12.6. The number of hydrogen-bond acceptors (Lipinski definition) is 4. The van der Waals surface area contributed by atoms with Gasteiger partial charge in [0, 0.05) is 24.0 Å². The van der Waals surface area contributed by atoms with E-state index in [1.165, 1.54) is 4.90 Å². The van der Waals surface area contributed by atoms with Crippen LogP contribution in [0.1, 0.15) is 31.4 Å². The topological polar surface area (TPSA) is 86.8 Å². The molecule has 0 radical (unpaired) electrons. The van der Waals surface area contributed by atoms with Gasteiger partial charge in [-0.2, -0.15) is 0 Å². The lowest BCUT2D eigenvalue weighted by Crippen LogP contribution is -2.54. The standard InChI is InChI=1S/C34H35ClFN3O4S/c1-3-25(2)37-34(41)32(22-26-10-6-4-7-11-26)38(23-27-14-16-28(35)17-15-27)33(40)24-39(30-12-8-5-9-13-30)44(42,43)31-20-18-29(36)19-21-31/h4-21,25,32H,3,22-24H2,1-2H3,(H,37,41)/t25-,32+/m0/s1. The Labute approximate surface area is 263 Å². The average Bonchev–Trinajstić information content (AvgIpc) is 3.03. The lowest BCUT2D eigenvalue weighted by molar-refractivity contribution is -0.140. The summed E-state index contributed by atoms with van der Waals surface area (Å²) in [5.74, 6) is -1.52. The van der Waals surface area contributed by atoms with E-state index in [0.29, 0.717) is 17.0 Å². The summed E-state index contributed by atoms with van der Waals surface area (Å²) in [7, 11) is -4.30. The van der Waals surface area contributed by atoms with Crippen LogP contribution in [0.2, 0.25) is 5.02 Å². The smallest absolute Gasteiger partial charge is 0.264 e. The fourth-order valence-electron chi connectivity index (χ4n) is 4.64. The summed E-state index contributed by atoms with van der Waals surface area (Å²) in [6.45, 7) is 3.26. The Balaban J connectivity index is 1.78. The highest BCUT2D eigenvalue weighted by Gasteiger charge is 2.35. The van der Waals surface area contributed by atoms with E-state index in [0.717, 1.165) is 34.1 Å². The first-order valence-electron chi connectivity index (χ1n) is 14.3. The predicted molar refractivity (Wildman–Crippen MR) is 171 cm³/mol. The van der Waals surface area contributed by atoms with Crippen LogP contribution in [-0.4, -0.2) is 43.8 Å². The maximum Gasteiger partial charge on any atom is 0.264 e. The molecule has 230 valence electrons. The fourth-order valence-corrected chi connectivity index (χ4v) is 6.18. The van der Waals surface area contributed by atoms with Gasteiger partial charge in [-0.1, -0.05) is 79.2 Å². The minimum atomic E-state index is -4.30. The molecule has 0 unspecified atom stereocenters. The van der Waals surface area contributed by atoms with Crippen molar-refractivity contribution >= 4 is 39.1 Å². The van der Waals surface area contributed by atoms with Crippen molar-refractivity contribution in [2.45, 2.75) is 50.2 Å². The van der Waals surface area contributed by atoms with E-state index in [4.69, 9.17) is 11.6 Å². The van der Waals surface area contributed by atoms with Crippen molar-refractivity contribution in [2.75, 3.05) is 10.8 Å². The lowest BCUT2D eigenvalue weighted by atomic mass is 10.0. The largest absolute Gasteiger partial charge is 0.352 e. The summed E-state index contributed by atoms with van der Waals surface area (Å²) in [6.07, 6.45) is 0.894. The number of halogens is 2. The molecule has 2 amide bonds. The number of nitrogens with one attached hydrogen (secondary N) is 1. The summed E-state index contributed by atoms with van der Waals surface area (Å²) in [5, 5.41) is 3.52. The van der Waals surface area contributed by atoms with Gasteiger partial charge in [0.1, 0.15) is 18.4 Å². The molecule has 0 bridgehead atoms. The van der Waals surface area contributed by atoms with Crippen LogP contribution in [0.5, 0.6) is 0 Å². The minimum absolute atomic E-state index is 0.0284. The zero-order valence-electron chi connectivity index (χ0n) is 24.6. The predicted octanol–water partition coefficient (Wildman–Crippen LogP) is 6.23. The number of nitrogens with zero attached hydrogens (tertiary/aromatic N) is 2. The quantitative estimate of drug-likeness (QED) is 0.189. The highest BCUT2D eigenvalue weighted by Crippen LogP contribution is 2.25. The lowest BCUT2D eigenvalue weighted by Gasteiger charge is -2.34. The summed E-state index contributed by atoms with van der Waals surface area (Å²) in [6, 6.07) is 27.8. The van der Waals surface area contributed by atoms with E-state index >= 15 is 0 Å². The van der Waals surface area contributed by atoms with Gasteiger partial charge in [0.15, 0.2) is 0 Å². The van der Waals surface area contributed by atoms with Gasteiger partial charge >= 0.3 is 0 Å². The first kappa shape index (κ1) is 32.7. The zero-order chi connectivity index (χ0) is 31.7. The third-order valence-electron chi connectivity index (χ3n) is 7.26. The van der Waals surface area contributed by atoms with Gasteiger partial charge in [-0.05, 0) is 73.0 Å². The van der Waals surface area contributed by atoms with Gasteiger partial charge in [-0.25, -0.2) is 12.8 Å². The second-order valence-electron chi connectivity index (χ2n) is 10.5. The van der Waals surface area contributed by atoms with Crippen molar-refractivity contribution in [3.63, 3.8) is 0 Å². The molecule has 1 N–H and O–H groups in total. The highest BCUT2D eigenvalue weighted by molar-refractivity contribution is 7.92. The van der Waals surface area contributed by atoms with E-state index in [2.05, 4.69) is 5.32 Å². The average molecular weight is 636 g/mol. The monoisotopic (exact) mass is 635 g/mol. The third kappa shape index (κ3) is 8.45. The maximum absolute atomic E-state index is 14.4. The van der Waals surface area contributed by atoms with Crippen molar-refractivity contribution in [1.82, 2.24) is 10.2 Å². The molecular formula is C34H35ClFN3O4S. The molecule has 4 rings (SSSR count). The number of amides is 2. The Hall–Kier alpha value is -4.21. The van der Waals surface area contributed by atoms with Crippen LogP contribution < -0.4 is 9.62 Å². The van der Waals surface area contributed by atoms with Crippen LogP contribution in [0.25, 0.3) is 0 Å². The second-order valence-corrected chi connectivity index (χ2v) is 12.8. The van der Waals surface area contributed by atoms with Gasteiger partial charge in [0.2, 0.25) is 11.8 Å². The molecule has 4 aromatic rings. The third-order valence-corrected chi connectivity index (χ3v) is 9.30. The SMILES string of the molecule is CC[C@H](C)NC(=O)[C@@H](Cc1ccccc1)N(Cc1ccc(Cl)cc1)C(=O)CN(c1ccccc1)S(=O)(=O)c1ccc(F)cc1. The molecule has 0 saturated carbocycles. The van der Waals surface area contributed by atoms with Gasteiger partial charge in [0.25, 0.3) is 10.0 Å². The molecule has 0 aromatic heterocycles. The maximum atomic E-state index is 14.4. The number of rotatable bonds is 13. The van der Waals surface area contributed by atoms with Crippen LogP contribution in [0.15, 0.2) is 114 Å². The number of sulfonamides is 1. The highest BCUT2D eigenvalue weighted by atomic mass is 35.5. The van der Waals surface area contributed by atoms with Crippen molar-refractivity contribution in [3.05, 3.63) is 131 Å². The number of benzene rings is 4. The first-order chi connectivity index (χ1) is 21.1. The van der Waals surface area contributed by atoms with Gasteiger partial charge in [-0.3, -0.25) is 13.9 Å². The summed E-state index contributed by atoms with van der Waals surface area (Å²) >= 11 is 6.12. The summed E-state index contributed by atoms with van der Waals surface area (Å²) in [5.41, 5.74) is 1.80. The molecule has 7 nitrogen and oxygen atoms in total. The Morgan fingerprint density at radius 3 is 2.02 bits per heavy atom. The Morgan fingerprint density at radius 2 is 1.43 bits per heavy atom. The van der Waals surface area contributed by atoms with Crippen LogP contribution in [0, 0.1) is 5.82 Å². The molecule has 4 aromatic carbocycles. The molecule has 2 atom stereocenters. The molecular weight excluding hydrogens is 601 g/mol. The van der Waals surface area contributed by atoms with Gasteiger partial charge < -0.3 is 10.2 Å². The Kier molecular flexibility index (Phi) is 11.1. The molecule has 44 heavy (non-hydrogen) atoms. The van der Waals surface area contributed by atoms with E-state index in [1.807, 2.05) is 44.2 Å². The van der Waals surface area contributed by atoms with E-state index in [-0.39, 0.29) is 35.5 Å². The summed E-state index contributed by atoms with van der Waals surface area (Å²) < 4.78 is 42.5. The zero-order valence-corrected chi connectivity index (χ0v) is 26.1. The molecule has 0 aliphatic rings. The number of anilines is 1. The molecule has 0 aliphatic heterocycles. The molecule has 0 fully saturated rings. The fraction of sp³-hybridized carbons (Fsp3) is 0.235. The van der Waals surface area contributed by atoms with Crippen LogP contribution in [0.4, 0.5) is 10.1 Å². The Morgan fingerprint density at radius 1 is 0.841 bits per heavy atom. The van der Waals surface area contributed by atoms with E-state index in [9.17, 15) is 22.4 Å². The van der Waals surface area contributed by atoms with Crippen molar-refractivity contribution in [3.8, 4) is 0 Å². The summed E-state index contributed by atoms with van der Waals surface area (Å²) in [4.78, 5) is 29.4. The molecule has 0 spiro atoms. The van der Waals surface area contributed by atoms with Crippen LogP contribution >= 0.6 is 11.6 Å². The Bertz CT molecular complexity index is 1640. The van der Waals surface area contributed by atoms with E-state index < -0.39 is 34.3 Å². The number of carbonyl (C=O) groups excluding carboxylic acids is 2. The molecule has 10 heteroatoms. The van der Waals surface area contributed by atoms with Crippen molar-refractivity contribution in [2.24, 2.45) is 0 Å². The van der Waals surface area contributed by atoms with Crippen molar-refractivity contribution < 1.29 is 22.4 Å². The van der Waals surface area contributed by atoms with Gasteiger partial charge in [0.05, 0.1) is 10.6 Å². The molecule has 0 aliphatic carbocycles. The number of carbonyl (C=O) groups is 2. The second kappa shape index (κ2) is 15.0. The minimum Gasteiger partial charge on any atom is -0.352 e. The number of hydrogen-bond donors (Lipinski definition) is 1. The molecule has 0 saturated heterocycles. The first-order valence-corrected chi connectivity index (χ1v) is 16.1. The van der Waals surface area contributed by atoms with E-state index in [1.54, 1.807) is 54.6 Å². The molecule has 0 heterocycles. The number of para-hydroxylation sites is 1. The van der Waals surface area contributed by atoms with Gasteiger partial charge in [-0.15, -0.1) is 0 Å². The van der Waals surface area contributed by atoms with Crippen LogP contribution in [0.3, 0.4) is 0 Å².